The van der Waals surface area contributed by atoms with Gasteiger partial charge in [0.1, 0.15) is 11.5 Å². The van der Waals surface area contributed by atoms with Gasteiger partial charge in [0.15, 0.2) is 0 Å². The summed E-state index contributed by atoms with van der Waals surface area (Å²) in [7, 11) is 0. The Morgan fingerprint density at radius 2 is 1.74 bits per heavy atom. The Morgan fingerprint density at radius 1 is 1.00 bits per heavy atom. The van der Waals surface area contributed by atoms with Crippen molar-refractivity contribution in [3.8, 4) is 11.3 Å². The Morgan fingerprint density at radius 3 is 2.48 bits per heavy atom. The van der Waals surface area contributed by atoms with E-state index < -0.39 is 0 Å². The lowest BCUT2D eigenvalue weighted by atomic mass is 10.0. The fraction of sp³-hybridized carbons (Fsp3) is 0.476. The first kappa shape index (κ1) is 18.1. The van der Waals surface area contributed by atoms with E-state index in [1.807, 2.05) is 47.4 Å². The number of carbonyl (C=O) groups is 1. The van der Waals surface area contributed by atoms with Crippen LogP contribution in [0.2, 0.25) is 0 Å². The number of hydrogen-bond donors (Lipinski definition) is 1. The molecule has 144 valence electrons. The second kappa shape index (κ2) is 8.59. The molecule has 2 aromatic rings. The van der Waals surface area contributed by atoms with Crippen molar-refractivity contribution in [2.24, 2.45) is 0 Å². The maximum absolute atomic E-state index is 12.5. The molecule has 0 saturated carbocycles. The molecular formula is C21H27N3O3. The normalized spacial score (nSPS) is 19.2. The maximum atomic E-state index is 12.5. The van der Waals surface area contributed by atoms with E-state index in [0.717, 1.165) is 69.3 Å². The number of furan rings is 1. The Kier molecular flexibility index (Phi) is 5.75. The molecule has 6 heteroatoms. The van der Waals surface area contributed by atoms with E-state index in [0.29, 0.717) is 12.6 Å². The summed E-state index contributed by atoms with van der Waals surface area (Å²) in [5.74, 6) is 1.59. The molecule has 0 aliphatic carbocycles. The van der Waals surface area contributed by atoms with E-state index in [9.17, 15) is 4.79 Å². The third-order valence-corrected chi connectivity index (χ3v) is 5.45. The molecule has 0 atom stereocenters. The molecule has 6 nitrogen and oxygen atoms in total. The van der Waals surface area contributed by atoms with Crippen molar-refractivity contribution in [1.29, 1.82) is 0 Å². The Balaban J connectivity index is 1.24. The van der Waals surface area contributed by atoms with Gasteiger partial charge in [-0.2, -0.15) is 0 Å². The summed E-state index contributed by atoms with van der Waals surface area (Å²) >= 11 is 0. The molecule has 0 radical (unpaired) electrons. The fourth-order valence-corrected chi connectivity index (χ4v) is 3.88. The summed E-state index contributed by atoms with van der Waals surface area (Å²) in [6.07, 6.45) is 2.07. The zero-order valence-corrected chi connectivity index (χ0v) is 15.6. The van der Waals surface area contributed by atoms with Crippen LogP contribution in [0.1, 0.15) is 18.6 Å². The summed E-state index contributed by atoms with van der Waals surface area (Å²) in [6, 6.07) is 14.4. The van der Waals surface area contributed by atoms with Crippen LogP contribution in [-0.2, 0) is 11.3 Å². The minimum absolute atomic E-state index is 0.00640. The van der Waals surface area contributed by atoms with Crippen molar-refractivity contribution >= 4 is 6.03 Å². The Hall–Kier alpha value is -2.31. The number of nitrogens with zero attached hydrogens (tertiary/aromatic N) is 2. The minimum Gasteiger partial charge on any atom is -0.459 e. The maximum Gasteiger partial charge on any atom is 0.317 e. The Bertz CT molecular complexity index is 732. The van der Waals surface area contributed by atoms with Gasteiger partial charge in [-0.15, -0.1) is 0 Å². The van der Waals surface area contributed by atoms with Gasteiger partial charge in [-0.05, 0) is 25.0 Å². The predicted octanol–water partition coefficient (Wildman–Crippen LogP) is 2.95. The minimum atomic E-state index is -0.00640. The highest BCUT2D eigenvalue weighted by atomic mass is 16.5. The SMILES string of the molecule is O=C(NCc1ccc(-c2ccccc2)o1)N1CCC(N2CCOCC2)CC1. The van der Waals surface area contributed by atoms with E-state index in [1.165, 1.54) is 0 Å². The number of carbonyl (C=O) groups excluding carboxylic acids is 1. The van der Waals surface area contributed by atoms with Crippen molar-refractivity contribution < 1.29 is 13.9 Å². The van der Waals surface area contributed by atoms with Gasteiger partial charge in [-0.3, -0.25) is 4.90 Å². The van der Waals surface area contributed by atoms with Gasteiger partial charge in [0.05, 0.1) is 19.8 Å². The third kappa shape index (κ3) is 4.51. The average molecular weight is 369 g/mol. The van der Waals surface area contributed by atoms with Crippen LogP contribution < -0.4 is 5.32 Å². The van der Waals surface area contributed by atoms with Crippen LogP contribution in [0.4, 0.5) is 4.79 Å². The van der Waals surface area contributed by atoms with Crippen LogP contribution in [0.25, 0.3) is 11.3 Å². The second-order valence-electron chi connectivity index (χ2n) is 7.16. The molecule has 2 saturated heterocycles. The van der Waals surface area contributed by atoms with Crippen LogP contribution in [0, 0.1) is 0 Å². The van der Waals surface area contributed by atoms with Crippen LogP contribution >= 0.6 is 0 Å². The third-order valence-electron chi connectivity index (χ3n) is 5.45. The largest absolute Gasteiger partial charge is 0.459 e. The molecular weight excluding hydrogens is 342 g/mol. The molecule has 1 aromatic carbocycles. The van der Waals surface area contributed by atoms with Crippen molar-refractivity contribution in [1.82, 2.24) is 15.1 Å². The molecule has 2 amide bonds. The lowest BCUT2D eigenvalue weighted by molar-refractivity contribution is 0.00379. The van der Waals surface area contributed by atoms with Crippen molar-refractivity contribution in [3.05, 3.63) is 48.2 Å². The fourth-order valence-electron chi connectivity index (χ4n) is 3.88. The number of rotatable bonds is 4. The van der Waals surface area contributed by atoms with Gasteiger partial charge >= 0.3 is 6.03 Å². The molecule has 1 aromatic heterocycles. The lowest BCUT2D eigenvalue weighted by Gasteiger charge is -2.40. The van der Waals surface area contributed by atoms with E-state index in [4.69, 9.17) is 9.15 Å². The summed E-state index contributed by atoms with van der Waals surface area (Å²) < 4.78 is 11.3. The van der Waals surface area contributed by atoms with Gasteiger partial charge in [-0.1, -0.05) is 30.3 Å². The summed E-state index contributed by atoms with van der Waals surface area (Å²) in [5, 5.41) is 2.99. The van der Waals surface area contributed by atoms with Crippen LogP contribution in [0.15, 0.2) is 46.9 Å². The van der Waals surface area contributed by atoms with Gasteiger partial charge in [0.2, 0.25) is 0 Å². The lowest BCUT2D eigenvalue weighted by Crippen LogP contribution is -2.51. The summed E-state index contributed by atoms with van der Waals surface area (Å²) in [6.45, 7) is 5.71. The molecule has 2 aliphatic rings. The highest BCUT2D eigenvalue weighted by molar-refractivity contribution is 5.74. The number of piperidine rings is 1. The van der Waals surface area contributed by atoms with E-state index in [2.05, 4.69) is 10.2 Å². The van der Waals surface area contributed by atoms with E-state index in [-0.39, 0.29) is 6.03 Å². The van der Waals surface area contributed by atoms with Gasteiger partial charge < -0.3 is 19.4 Å². The number of nitrogens with one attached hydrogen (secondary N) is 1. The smallest absolute Gasteiger partial charge is 0.317 e. The number of ether oxygens (including phenoxy) is 1. The zero-order chi connectivity index (χ0) is 18.5. The van der Waals surface area contributed by atoms with Gasteiger partial charge in [0, 0.05) is 37.8 Å². The van der Waals surface area contributed by atoms with E-state index >= 15 is 0 Å². The first-order chi connectivity index (χ1) is 13.3. The number of urea groups is 1. The molecule has 2 fully saturated rings. The molecule has 0 unspecified atom stereocenters. The first-order valence-corrected chi connectivity index (χ1v) is 9.78. The summed E-state index contributed by atoms with van der Waals surface area (Å²) in [5.41, 5.74) is 1.04. The van der Waals surface area contributed by atoms with Crippen molar-refractivity contribution in [3.63, 3.8) is 0 Å². The van der Waals surface area contributed by atoms with Gasteiger partial charge in [-0.25, -0.2) is 4.79 Å². The highest BCUT2D eigenvalue weighted by Crippen LogP contribution is 2.22. The highest BCUT2D eigenvalue weighted by Gasteiger charge is 2.27. The molecule has 3 heterocycles. The number of morpholine rings is 1. The topological polar surface area (TPSA) is 58.0 Å². The van der Waals surface area contributed by atoms with Crippen LogP contribution in [0.3, 0.4) is 0 Å². The summed E-state index contributed by atoms with van der Waals surface area (Å²) in [4.78, 5) is 16.9. The molecule has 1 N–H and O–H groups in total. The van der Waals surface area contributed by atoms with Crippen LogP contribution in [-0.4, -0.2) is 61.3 Å². The standard InChI is InChI=1S/C21H27N3O3/c25-21(24-10-8-18(9-11-24)23-12-14-26-15-13-23)22-16-19-6-7-20(27-19)17-4-2-1-3-5-17/h1-7,18H,8-16H2,(H,22,25). The molecule has 0 spiro atoms. The molecule has 0 bridgehead atoms. The number of benzene rings is 1. The first-order valence-electron chi connectivity index (χ1n) is 9.78. The quantitative estimate of drug-likeness (QED) is 0.900. The zero-order valence-electron chi connectivity index (χ0n) is 15.6. The Labute approximate surface area is 160 Å². The average Bonchev–Trinajstić information content (AvgIpc) is 3.22. The number of hydrogen-bond acceptors (Lipinski definition) is 4. The van der Waals surface area contributed by atoms with Crippen molar-refractivity contribution in [2.45, 2.75) is 25.4 Å². The number of amides is 2. The predicted molar refractivity (Wildman–Crippen MR) is 103 cm³/mol. The molecule has 2 aliphatic heterocycles. The number of likely N-dealkylation sites (tertiary alicyclic amines) is 1. The molecule has 4 rings (SSSR count). The molecule has 27 heavy (non-hydrogen) atoms. The van der Waals surface area contributed by atoms with E-state index in [1.54, 1.807) is 0 Å². The van der Waals surface area contributed by atoms with Crippen LogP contribution in [0.5, 0.6) is 0 Å². The van der Waals surface area contributed by atoms with Gasteiger partial charge in [0.25, 0.3) is 0 Å². The van der Waals surface area contributed by atoms with Crippen molar-refractivity contribution in [2.75, 3.05) is 39.4 Å². The second-order valence-corrected chi connectivity index (χ2v) is 7.16. The monoisotopic (exact) mass is 369 g/mol.